The maximum Gasteiger partial charge on any atom is 0.109 e. The van der Waals surface area contributed by atoms with E-state index in [0.717, 1.165) is 17.1 Å². The minimum absolute atomic E-state index is 0.469. The fourth-order valence-corrected chi connectivity index (χ4v) is 4.10. The first-order valence-electron chi connectivity index (χ1n) is 7.54. The van der Waals surface area contributed by atoms with Gasteiger partial charge in [0.1, 0.15) is 5.00 Å². The van der Waals surface area contributed by atoms with E-state index in [2.05, 4.69) is 37.3 Å². The van der Waals surface area contributed by atoms with Crippen LogP contribution in [-0.2, 0) is 6.42 Å². The Bertz CT molecular complexity index is 556. The third kappa shape index (κ3) is 2.88. The Kier molecular flexibility index (Phi) is 4.06. The fraction of sp³-hybridized carbons (Fsp3) is 0.471. The van der Waals surface area contributed by atoms with Crippen LogP contribution >= 0.6 is 11.3 Å². The number of benzene rings is 1. The first-order chi connectivity index (χ1) is 9.74. The van der Waals surface area contributed by atoms with E-state index in [9.17, 15) is 0 Å². The second kappa shape index (κ2) is 5.96. The maximum absolute atomic E-state index is 6.19. The van der Waals surface area contributed by atoms with Crippen molar-refractivity contribution < 1.29 is 0 Å². The Hall–Kier alpha value is -1.35. The SMILES string of the molecule is CC(Cc1nc(C2CCCC2)sc1N)c1ccccc1. The molecule has 20 heavy (non-hydrogen) atoms. The fourth-order valence-electron chi connectivity index (χ4n) is 3.07. The number of anilines is 1. The Balaban J connectivity index is 1.74. The molecule has 1 aliphatic rings. The summed E-state index contributed by atoms with van der Waals surface area (Å²) in [6.45, 7) is 2.25. The van der Waals surface area contributed by atoms with Crippen molar-refractivity contribution in [2.24, 2.45) is 0 Å². The Morgan fingerprint density at radius 3 is 2.65 bits per heavy atom. The van der Waals surface area contributed by atoms with Gasteiger partial charge in [-0.05, 0) is 30.7 Å². The van der Waals surface area contributed by atoms with Crippen molar-refractivity contribution in [1.29, 1.82) is 0 Å². The van der Waals surface area contributed by atoms with Crippen molar-refractivity contribution in [2.75, 3.05) is 5.73 Å². The lowest BCUT2D eigenvalue weighted by Gasteiger charge is -2.10. The highest BCUT2D eigenvalue weighted by atomic mass is 32.1. The van der Waals surface area contributed by atoms with Gasteiger partial charge < -0.3 is 5.73 Å². The molecular formula is C17H22N2S. The number of nitrogens with two attached hydrogens (primary N) is 1. The molecule has 2 nitrogen and oxygen atoms in total. The van der Waals surface area contributed by atoms with E-state index in [-0.39, 0.29) is 0 Å². The van der Waals surface area contributed by atoms with Gasteiger partial charge in [-0.2, -0.15) is 0 Å². The lowest BCUT2D eigenvalue weighted by Crippen LogP contribution is -2.01. The first-order valence-corrected chi connectivity index (χ1v) is 8.35. The largest absolute Gasteiger partial charge is 0.389 e. The highest BCUT2D eigenvalue weighted by Crippen LogP contribution is 2.38. The second-order valence-corrected chi connectivity index (χ2v) is 6.92. The van der Waals surface area contributed by atoms with E-state index in [1.807, 2.05) is 0 Å². The molecule has 3 rings (SSSR count). The van der Waals surface area contributed by atoms with Crippen LogP contribution in [0.1, 0.15) is 60.7 Å². The summed E-state index contributed by atoms with van der Waals surface area (Å²) >= 11 is 1.72. The van der Waals surface area contributed by atoms with Crippen LogP contribution in [-0.4, -0.2) is 4.98 Å². The summed E-state index contributed by atoms with van der Waals surface area (Å²) in [5, 5.41) is 2.20. The quantitative estimate of drug-likeness (QED) is 0.882. The summed E-state index contributed by atoms with van der Waals surface area (Å²) in [6.07, 6.45) is 6.22. The van der Waals surface area contributed by atoms with Crippen LogP contribution in [0.5, 0.6) is 0 Å². The van der Waals surface area contributed by atoms with Gasteiger partial charge in [-0.25, -0.2) is 4.98 Å². The molecule has 0 bridgehead atoms. The minimum atomic E-state index is 0.469. The Morgan fingerprint density at radius 2 is 1.95 bits per heavy atom. The molecule has 0 aliphatic heterocycles. The number of nitrogen functional groups attached to an aromatic ring is 1. The van der Waals surface area contributed by atoms with Crippen LogP contribution in [0.2, 0.25) is 0 Å². The standard InChI is InChI=1S/C17H22N2S/c1-12(13-7-3-2-4-8-13)11-15-16(18)20-17(19-15)14-9-5-6-10-14/h2-4,7-8,12,14H,5-6,9-11,18H2,1H3. The molecule has 0 saturated heterocycles. The number of rotatable bonds is 4. The summed E-state index contributed by atoms with van der Waals surface area (Å²) in [7, 11) is 0. The van der Waals surface area contributed by atoms with Crippen molar-refractivity contribution in [1.82, 2.24) is 4.98 Å². The molecule has 0 amide bonds. The topological polar surface area (TPSA) is 38.9 Å². The van der Waals surface area contributed by atoms with E-state index in [1.54, 1.807) is 11.3 Å². The van der Waals surface area contributed by atoms with E-state index >= 15 is 0 Å². The molecule has 1 saturated carbocycles. The third-order valence-corrected chi connectivity index (χ3v) is 5.41. The third-order valence-electron chi connectivity index (χ3n) is 4.32. The summed E-state index contributed by atoms with van der Waals surface area (Å²) < 4.78 is 0. The Labute approximate surface area is 125 Å². The van der Waals surface area contributed by atoms with Gasteiger partial charge in [-0.15, -0.1) is 11.3 Å². The van der Waals surface area contributed by atoms with Gasteiger partial charge in [0, 0.05) is 5.92 Å². The van der Waals surface area contributed by atoms with Gasteiger partial charge in [0.05, 0.1) is 10.7 Å². The number of nitrogens with zero attached hydrogens (tertiary/aromatic N) is 1. The van der Waals surface area contributed by atoms with Gasteiger partial charge in [0.25, 0.3) is 0 Å². The van der Waals surface area contributed by atoms with Crippen molar-refractivity contribution in [2.45, 2.75) is 50.9 Å². The van der Waals surface area contributed by atoms with Crippen molar-refractivity contribution in [3.05, 3.63) is 46.6 Å². The second-order valence-electron chi connectivity index (χ2n) is 5.86. The Morgan fingerprint density at radius 1 is 1.25 bits per heavy atom. The average Bonchev–Trinajstić information content (AvgIpc) is 3.10. The zero-order chi connectivity index (χ0) is 13.9. The molecule has 2 aromatic rings. The molecule has 1 atom stereocenters. The summed E-state index contributed by atoms with van der Waals surface area (Å²) in [5.41, 5.74) is 8.66. The molecule has 1 unspecified atom stereocenters. The molecular weight excluding hydrogens is 264 g/mol. The van der Waals surface area contributed by atoms with Crippen LogP contribution in [0.4, 0.5) is 5.00 Å². The van der Waals surface area contributed by atoms with Crippen molar-refractivity contribution in [3.8, 4) is 0 Å². The van der Waals surface area contributed by atoms with Gasteiger partial charge in [0.2, 0.25) is 0 Å². The molecule has 1 heterocycles. The smallest absolute Gasteiger partial charge is 0.109 e. The maximum atomic E-state index is 6.19. The normalized spacial score (nSPS) is 17.4. The summed E-state index contributed by atoms with van der Waals surface area (Å²) in [6, 6.07) is 10.6. The molecule has 106 valence electrons. The average molecular weight is 286 g/mol. The van der Waals surface area contributed by atoms with Crippen LogP contribution < -0.4 is 5.73 Å². The van der Waals surface area contributed by atoms with E-state index in [4.69, 9.17) is 10.7 Å². The van der Waals surface area contributed by atoms with Gasteiger partial charge in [-0.3, -0.25) is 0 Å². The van der Waals surface area contributed by atoms with Crippen LogP contribution in [0.25, 0.3) is 0 Å². The van der Waals surface area contributed by atoms with Crippen molar-refractivity contribution >= 4 is 16.3 Å². The van der Waals surface area contributed by atoms with Crippen molar-refractivity contribution in [3.63, 3.8) is 0 Å². The van der Waals surface area contributed by atoms with Crippen LogP contribution in [0.15, 0.2) is 30.3 Å². The number of hydrogen-bond donors (Lipinski definition) is 1. The van der Waals surface area contributed by atoms with Crippen LogP contribution in [0, 0.1) is 0 Å². The number of thiazole rings is 1. The lowest BCUT2D eigenvalue weighted by atomic mass is 9.96. The zero-order valence-corrected chi connectivity index (χ0v) is 12.8. The molecule has 2 N–H and O–H groups in total. The van der Waals surface area contributed by atoms with Gasteiger partial charge in [0.15, 0.2) is 0 Å². The van der Waals surface area contributed by atoms with Gasteiger partial charge >= 0.3 is 0 Å². The predicted molar refractivity (Wildman–Crippen MR) is 86.3 cm³/mol. The lowest BCUT2D eigenvalue weighted by molar-refractivity contribution is 0.698. The van der Waals surface area contributed by atoms with Gasteiger partial charge in [-0.1, -0.05) is 50.1 Å². The molecule has 1 fully saturated rings. The molecule has 1 aliphatic carbocycles. The number of aromatic nitrogens is 1. The highest BCUT2D eigenvalue weighted by molar-refractivity contribution is 7.15. The van der Waals surface area contributed by atoms with E-state index in [0.29, 0.717) is 11.8 Å². The zero-order valence-electron chi connectivity index (χ0n) is 12.0. The predicted octanol–water partition coefficient (Wildman–Crippen LogP) is 4.73. The first kappa shape index (κ1) is 13.6. The minimum Gasteiger partial charge on any atom is -0.389 e. The molecule has 0 radical (unpaired) electrons. The highest BCUT2D eigenvalue weighted by Gasteiger charge is 2.22. The molecule has 3 heteroatoms. The molecule has 1 aromatic carbocycles. The van der Waals surface area contributed by atoms with Crippen LogP contribution in [0.3, 0.4) is 0 Å². The van der Waals surface area contributed by atoms with E-state index < -0.39 is 0 Å². The monoisotopic (exact) mass is 286 g/mol. The molecule has 0 spiro atoms. The number of hydrogen-bond acceptors (Lipinski definition) is 3. The van der Waals surface area contributed by atoms with E-state index in [1.165, 1.54) is 36.3 Å². The summed E-state index contributed by atoms with van der Waals surface area (Å²) in [5.74, 6) is 1.14. The summed E-state index contributed by atoms with van der Waals surface area (Å²) in [4.78, 5) is 4.85. The molecule has 1 aromatic heterocycles.